The van der Waals surface area contributed by atoms with Crippen LogP contribution in [0.2, 0.25) is 0 Å². The number of carbonyl (C=O) groups excluding carboxylic acids is 1. The second kappa shape index (κ2) is 6.58. The second-order valence-electron chi connectivity index (χ2n) is 4.47. The van der Waals surface area contributed by atoms with Crippen LogP contribution < -0.4 is 5.32 Å². The summed E-state index contributed by atoms with van der Waals surface area (Å²) in [6.45, 7) is 3.69. The van der Waals surface area contributed by atoms with Gasteiger partial charge in [0, 0.05) is 12.7 Å². The van der Waals surface area contributed by atoms with E-state index < -0.39 is 27.8 Å². The monoisotopic (exact) mass is 265 g/mol. The maximum absolute atomic E-state index is 11.3. The fraction of sp³-hybridized carbons (Fsp3) is 0.800. The van der Waals surface area contributed by atoms with Crippen molar-refractivity contribution < 1.29 is 23.1 Å². The number of nitrogens with one attached hydrogen (secondary N) is 1. The van der Waals surface area contributed by atoms with Crippen molar-refractivity contribution in [3.05, 3.63) is 0 Å². The van der Waals surface area contributed by atoms with Gasteiger partial charge < -0.3 is 10.4 Å². The Morgan fingerprint density at radius 1 is 1.29 bits per heavy atom. The van der Waals surface area contributed by atoms with Crippen molar-refractivity contribution in [1.82, 2.24) is 5.32 Å². The Balaban J connectivity index is 4.27. The predicted octanol–water partition coefficient (Wildman–Crippen LogP) is 0.0366. The minimum Gasteiger partial charge on any atom is -0.480 e. The molecule has 0 heterocycles. The van der Waals surface area contributed by atoms with Crippen molar-refractivity contribution >= 4 is 21.7 Å². The van der Waals surface area contributed by atoms with E-state index in [1.807, 2.05) is 13.8 Å². The molecule has 0 radical (unpaired) electrons. The van der Waals surface area contributed by atoms with Gasteiger partial charge in [-0.15, -0.1) is 0 Å². The van der Waals surface area contributed by atoms with E-state index in [9.17, 15) is 18.0 Å². The van der Waals surface area contributed by atoms with Crippen molar-refractivity contribution in [2.45, 2.75) is 32.7 Å². The fourth-order valence-corrected chi connectivity index (χ4v) is 1.79. The predicted molar refractivity (Wildman–Crippen MR) is 63.3 cm³/mol. The molecule has 0 aliphatic carbocycles. The molecule has 0 aromatic rings. The van der Waals surface area contributed by atoms with Gasteiger partial charge in [-0.2, -0.15) is 0 Å². The normalized spacial score (nSPS) is 13.4. The average Bonchev–Trinajstić information content (AvgIpc) is 2.11. The topological polar surface area (TPSA) is 101 Å². The van der Waals surface area contributed by atoms with Crippen LogP contribution in [0.25, 0.3) is 0 Å². The van der Waals surface area contributed by atoms with E-state index in [0.29, 0.717) is 6.42 Å². The lowest BCUT2D eigenvalue weighted by molar-refractivity contribution is -0.142. The van der Waals surface area contributed by atoms with Gasteiger partial charge in [0.25, 0.3) is 0 Å². The van der Waals surface area contributed by atoms with Gasteiger partial charge in [-0.3, -0.25) is 4.79 Å². The third-order valence-corrected chi connectivity index (χ3v) is 2.99. The Morgan fingerprint density at radius 3 is 2.18 bits per heavy atom. The Kier molecular flexibility index (Phi) is 6.15. The molecule has 0 aromatic carbocycles. The van der Waals surface area contributed by atoms with Gasteiger partial charge in [0.15, 0.2) is 0 Å². The standard InChI is InChI=1S/C10H19NO5S/c1-7(2)6-8(10(13)14)11-9(12)4-5-17(3,15)16/h7-8H,4-6H2,1-3H3,(H,11,12)(H,13,14). The molecule has 2 N–H and O–H groups in total. The molecule has 0 saturated heterocycles. The van der Waals surface area contributed by atoms with Gasteiger partial charge in [-0.25, -0.2) is 13.2 Å². The zero-order valence-corrected chi connectivity index (χ0v) is 11.1. The van der Waals surface area contributed by atoms with Crippen LogP contribution in [0.1, 0.15) is 26.7 Å². The van der Waals surface area contributed by atoms with Crippen LogP contribution in [0.4, 0.5) is 0 Å². The Bertz CT molecular complexity index is 374. The molecule has 0 rings (SSSR count). The lowest BCUT2D eigenvalue weighted by Crippen LogP contribution is -2.42. The molecule has 100 valence electrons. The number of rotatable bonds is 7. The number of aliphatic carboxylic acids is 1. The molecule has 1 atom stereocenters. The highest BCUT2D eigenvalue weighted by Crippen LogP contribution is 2.05. The van der Waals surface area contributed by atoms with Gasteiger partial charge >= 0.3 is 5.97 Å². The van der Waals surface area contributed by atoms with Crippen molar-refractivity contribution in [2.24, 2.45) is 5.92 Å². The van der Waals surface area contributed by atoms with E-state index in [0.717, 1.165) is 6.26 Å². The minimum absolute atomic E-state index is 0.131. The molecule has 0 saturated carbocycles. The summed E-state index contributed by atoms with van der Waals surface area (Å²) in [5.41, 5.74) is 0. The van der Waals surface area contributed by atoms with Crippen LogP contribution in [0.15, 0.2) is 0 Å². The van der Waals surface area contributed by atoms with Crippen LogP contribution >= 0.6 is 0 Å². The van der Waals surface area contributed by atoms with Crippen LogP contribution in [0.5, 0.6) is 0 Å². The summed E-state index contributed by atoms with van der Waals surface area (Å²) in [4.78, 5) is 22.2. The highest BCUT2D eigenvalue weighted by molar-refractivity contribution is 7.90. The summed E-state index contributed by atoms with van der Waals surface area (Å²) in [6.07, 6.45) is 1.14. The first-order chi connectivity index (χ1) is 7.61. The third-order valence-electron chi connectivity index (χ3n) is 2.04. The lowest BCUT2D eigenvalue weighted by atomic mass is 10.0. The number of amides is 1. The first-order valence-electron chi connectivity index (χ1n) is 5.31. The molecule has 0 aliphatic heterocycles. The molecule has 0 fully saturated rings. The summed E-state index contributed by atoms with van der Waals surface area (Å²) in [6, 6.07) is -0.956. The molecular weight excluding hydrogens is 246 g/mol. The van der Waals surface area contributed by atoms with E-state index >= 15 is 0 Å². The molecule has 0 aromatic heterocycles. The molecule has 6 nitrogen and oxygen atoms in total. The zero-order chi connectivity index (χ0) is 13.6. The smallest absolute Gasteiger partial charge is 0.326 e. The van der Waals surface area contributed by atoms with E-state index in [4.69, 9.17) is 5.11 Å². The molecule has 1 amide bonds. The first kappa shape index (κ1) is 15.9. The summed E-state index contributed by atoms with van der Waals surface area (Å²) in [5, 5.41) is 11.2. The van der Waals surface area contributed by atoms with Crippen molar-refractivity contribution in [1.29, 1.82) is 0 Å². The fourth-order valence-electron chi connectivity index (χ4n) is 1.24. The van der Waals surface area contributed by atoms with Crippen LogP contribution in [-0.2, 0) is 19.4 Å². The van der Waals surface area contributed by atoms with Crippen molar-refractivity contribution in [3.63, 3.8) is 0 Å². The Morgan fingerprint density at radius 2 is 1.82 bits per heavy atom. The first-order valence-corrected chi connectivity index (χ1v) is 7.37. The van der Waals surface area contributed by atoms with Gasteiger partial charge in [0.1, 0.15) is 15.9 Å². The van der Waals surface area contributed by atoms with Crippen LogP contribution in [0.3, 0.4) is 0 Å². The van der Waals surface area contributed by atoms with Crippen LogP contribution in [-0.4, -0.2) is 43.5 Å². The third kappa shape index (κ3) is 8.67. The lowest BCUT2D eigenvalue weighted by Gasteiger charge is -2.16. The molecule has 1 unspecified atom stereocenters. The van der Waals surface area contributed by atoms with Gasteiger partial charge in [-0.1, -0.05) is 13.8 Å². The summed E-state index contributed by atoms with van der Waals surface area (Å²) in [5.74, 6) is -1.80. The Hall–Kier alpha value is -1.11. The molecule has 0 bridgehead atoms. The minimum atomic E-state index is -3.21. The SMILES string of the molecule is CC(C)CC(NC(=O)CCS(C)(=O)=O)C(=O)O. The highest BCUT2D eigenvalue weighted by atomic mass is 32.2. The van der Waals surface area contributed by atoms with E-state index in [1.54, 1.807) is 0 Å². The number of sulfone groups is 1. The molecule has 0 spiro atoms. The second-order valence-corrected chi connectivity index (χ2v) is 6.73. The quantitative estimate of drug-likeness (QED) is 0.676. The average molecular weight is 265 g/mol. The summed E-state index contributed by atoms with van der Waals surface area (Å²) >= 11 is 0. The van der Waals surface area contributed by atoms with E-state index in [2.05, 4.69) is 5.32 Å². The zero-order valence-electron chi connectivity index (χ0n) is 10.3. The summed E-state index contributed by atoms with van der Waals surface area (Å²) < 4.78 is 21.7. The summed E-state index contributed by atoms with van der Waals surface area (Å²) in [7, 11) is -3.21. The maximum Gasteiger partial charge on any atom is 0.326 e. The maximum atomic E-state index is 11.3. The Labute approximate surface area is 101 Å². The number of carboxylic acids is 1. The highest BCUT2D eigenvalue weighted by Gasteiger charge is 2.21. The van der Waals surface area contributed by atoms with E-state index in [-0.39, 0.29) is 18.1 Å². The van der Waals surface area contributed by atoms with Crippen molar-refractivity contribution in [3.8, 4) is 0 Å². The van der Waals surface area contributed by atoms with E-state index in [1.165, 1.54) is 0 Å². The number of hydrogen-bond donors (Lipinski definition) is 2. The van der Waals surface area contributed by atoms with Crippen LogP contribution in [0, 0.1) is 5.92 Å². The molecule has 17 heavy (non-hydrogen) atoms. The van der Waals surface area contributed by atoms with Crippen molar-refractivity contribution in [2.75, 3.05) is 12.0 Å². The number of carboxylic acid groups (broad SMARTS) is 1. The van der Waals surface area contributed by atoms with Gasteiger partial charge in [0.2, 0.25) is 5.91 Å². The molecule has 0 aliphatic rings. The number of hydrogen-bond acceptors (Lipinski definition) is 4. The van der Waals surface area contributed by atoms with Gasteiger partial charge in [0.05, 0.1) is 5.75 Å². The molecular formula is C10H19NO5S. The van der Waals surface area contributed by atoms with Gasteiger partial charge in [-0.05, 0) is 12.3 Å². The largest absolute Gasteiger partial charge is 0.480 e. The number of carbonyl (C=O) groups is 2. The molecule has 7 heteroatoms.